The highest BCUT2D eigenvalue weighted by Crippen LogP contribution is 2.39. The van der Waals surface area contributed by atoms with Crippen molar-refractivity contribution in [2.24, 2.45) is 0 Å². The van der Waals surface area contributed by atoms with E-state index in [1.807, 2.05) is 30.3 Å². The van der Waals surface area contributed by atoms with E-state index in [9.17, 15) is 0 Å². The summed E-state index contributed by atoms with van der Waals surface area (Å²) < 4.78 is 6.16. The zero-order chi connectivity index (χ0) is 13.8. The van der Waals surface area contributed by atoms with Crippen molar-refractivity contribution < 1.29 is 4.74 Å². The Bertz CT molecular complexity index is 574. The largest absolute Gasteiger partial charge is 0.497 e. The van der Waals surface area contributed by atoms with Gasteiger partial charge in [0.1, 0.15) is 5.75 Å². The summed E-state index contributed by atoms with van der Waals surface area (Å²) in [5.74, 6) is 0.817. The minimum Gasteiger partial charge on any atom is -0.497 e. The van der Waals surface area contributed by atoms with Crippen LogP contribution in [0, 0.1) is 0 Å². The van der Waals surface area contributed by atoms with Gasteiger partial charge in [-0.1, -0.05) is 40.2 Å². The standard InChI is InChI=1S/C15H14BrClOS/c1-18-10-7-8-11(13(16)9-10)15(17)12-5-3-4-6-14(12)19-2/h3-9,15H,1-2H3. The molecular weight excluding hydrogens is 344 g/mol. The van der Waals surface area contributed by atoms with Crippen LogP contribution in [-0.2, 0) is 0 Å². The molecule has 0 saturated heterocycles. The molecule has 0 N–H and O–H groups in total. The van der Waals surface area contributed by atoms with E-state index in [1.165, 1.54) is 4.90 Å². The number of hydrogen-bond acceptors (Lipinski definition) is 2. The fourth-order valence-electron chi connectivity index (χ4n) is 1.88. The van der Waals surface area contributed by atoms with Gasteiger partial charge < -0.3 is 4.74 Å². The molecule has 2 aromatic rings. The molecule has 0 heterocycles. The quantitative estimate of drug-likeness (QED) is 0.527. The first-order valence-corrected chi connectivity index (χ1v) is 8.23. The number of halogens is 2. The predicted molar refractivity (Wildman–Crippen MR) is 86.6 cm³/mol. The second-order valence-corrected chi connectivity index (χ2v) is 6.13. The Balaban J connectivity index is 2.41. The van der Waals surface area contributed by atoms with Crippen molar-refractivity contribution in [1.29, 1.82) is 0 Å². The van der Waals surface area contributed by atoms with Crippen LogP contribution in [0.3, 0.4) is 0 Å². The van der Waals surface area contributed by atoms with Gasteiger partial charge in [0.25, 0.3) is 0 Å². The number of thioether (sulfide) groups is 1. The van der Waals surface area contributed by atoms with E-state index in [0.717, 1.165) is 21.3 Å². The highest BCUT2D eigenvalue weighted by molar-refractivity contribution is 9.10. The first kappa shape index (κ1) is 14.8. The van der Waals surface area contributed by atoms with Crippen molar-refractivity contribution >= 4 is 39.3 Å². The van der Waals surface area contributed by atoms with Gasteiger partial charge in [-0.2, -0.15) is 0 Å². The summed E-state index contributed by atoms with van der Waals surface area (Å²) in [6.45, 7) is 0. The Morgan fingerprint density at radius 1 is 1.16 bits per heavy atom. The molecular formula is C15H14BrClOS. The molecule has 2 aromatic carbocycles. The first-order valence-electron chi connectivity index (χ1n) is 5.77. The summed E-state index contributed by atoms with van der Waals surface area (Å²) in [4.78, 5) is 1.20. The Morgan fingerprint density at radius 2 is 1.89 bits per heavy atom. The average Bonchev–Trinajstić information content (AvgIpc) is 2.46. The third kappa shape index (κ3) is 3.28. The van der Waals surface area contributed by atoms with E-state index >= 15 is 0 Å². The Kier molecular flexibility index (Phi) is 5.20. The number of methoxy groups -OCH3 is 1. The van der Waals surface area contributed by atoms with Crippen molar-refractivity contribution in [3.63, 3.8) is 0 Å². The lowest BCUT2D eigenvalue weighted by Crippen LogP contribution is -1.97. The van der Waals surface area contributed by atoms with Crippen molar-refractivity contribution in [2.75, 3.05) is 13.4 Å². The third-order valence-electron chi connectivity index (χ3n) is 2.89. The van der Waals surface area contributed by atoms with E-state index in [0.29, 0.717) is 0 Å². The molecule has 2 rings (SSSR count). The number of ether oxygens (including phenoxy) is 1. The Labute approximate surface area is 131 Å². The van der Waals surface area contributed by atoms with Crippen LogP contribution in [0.15, 0.2) is 51.8 Å². The van der Waals surface area contributed by atoms with Gasteiger partial charge in [-0.25, -0.2) is 0 Å². The molecule has 0 aromatic heterocycles. The smallest absolute Gasteiger partial charge is 0.120 e. The number of rotatable bonds is 4. The highest BCUT2D eigenvalue weighted by atomic mass is 79.9. The van der Waals surface area contributed by atoms with Gasteiger partial charge in [0, 0.05) is 9.37 Å². The highest BCUT2D eigenvalue weighted by Gasteiger charge is 2.17. The Hall–Kier alpha value is -0.640. The summed E-state index contributed by atoms with van der Waals surface area (Å²) in [6.07, 6.45) is 2.06. The summed E-state index contributed by atoms with van der Waals surface area (Å²) in [5, 5.41) is -0.177. The third-order valence-corrected chi connectivity index (χ3v) is 4.86. The molecule has 0 bridgehead atoms. The average molecular weight is 358 g/mol. The zero-order valence-electron chi connectivity index (χ0n) is 10.7. The van der Waals surface area contributed by atoms with Crippen molar-refractivity contribution in [2.45, 2.75) is 10.3 Å². The minimum atomic E-state index is -0.177. The maximum atomic E-state index is 6.63. The molecule has 0 aliphatic heterocycles. The fourth-order valence-corrected chi connectivity index (χ4v) is 3.68. The van der Waals surface area contributed by atoms with Gasteiger partial charge in [-0.05, 0) is 35.6 Å². The molecule has 1 unspecified atom stereocenters. The molecule has 0 radical (unpaired) electrons. The van der Waals surface area contributed by atoms with Gasteiger partial charge in [-0.15, -0.1) is 23.4 Å². The van der Waals surface area contributed by atoms with Crippen LogP contribution in [0.2, 0.25) is 0 Å². The summed E-state index contributed by atoms with van der Waals surface area (Å²) in [6, 6.07) is 14.1. The van der Waals surface area contributed by atoms with E-state index in [1.54, 1.807) is 18.9 Å². The van der Waals surface area contributed by atoms with Crippen LogP contribution < -0.4 is 4.74 Å². The SMILES string of the molecule is COc1ccc(C(Cl)c2ccccc2SC)c(Br)c1. The molecule has 0 aliphatic rings. The van der Waals surface area contributed by atoms with E-state index in [-0.39, 0.29) is 5.38 Å². The second-order valence-electron chi connectivity index (χ2n) is 3.99. The first-order chi connectivity index (χ1) is 9.17. The van der Waals surface area contributed by atoms with Crippen LogP contribution in [0.4, 0.5) is 0 Å². The van der Waals surface area contributed by atoms with Gasteiger partial charge in [-0.3, -0.25) is 0 Å². The molecule has 0 amide bonds. The van der Waals surface area contributed by atoms with Gasteiger partial charge in [0.15, 0.2) is 0 Å². The van der Waals surface area contributed by atoms with Crippen LogP contribution >= 0.6 is 39.3 Å². The predicted octanol–water partition coefficient (Wildman–Crippen LogP) is 5.51. The topological polar surface area (TPSA) is 9.23 Å². The molecule has 100 valence electrons. The lowest BCUT2D eigenvalue weighted by atomic mass is 10.0. The molecule has 0 spiro atoms. The van der Waals surface area contributed by atoms with Crippen LogP contribution in [0.5, 0.6) is 5.75 Å². The van der Waals surface area contributed by atoms with E-state index in [4.69, 9.17) is 16.3 Å². The molecule has 1 nitrogen and oxygen atoms in total. The summed E-state index contributed by atoms with van der Waals surface area (Å²) >= 11 is 11.9. The minimum absolute atomic E-state index is 0.177. The molecule has 1 atom stereocenters. The van der Waals surface area contributed by atoms with Crippen LogP contribution in [0.25, 0.3) is 0 Å². The van der Waals surface area contributed by atoms with Crippen molar-refractivity contribution in [3.8, 4) is 5.75 Å². The fraction of sp³-hybridized carbons (Fsp3) is 0.200. The van der Waals surface area contributed by atoms with Gasteiger partial charge >= 0.3 is 0 Å². The van der Waals surface area contributed by atoms with Gasteiger partial charge in [0.05, 0.1) is 12.5 Å². The maximum absolute atomic E-state index is 6.63. The molecule has 0 fully saturated rings. The Morgan fingerprint density at radius 3 is 2.53 bits per heavy atom. The van der Waals surface area contributed by atoms with E-state index in [2.05, 4.69) is 34.3 Å². The maximum Gasteiger partial charge on any atom is 0.120 e. The van der Waals surface area contributed by atoms with Crippen LogP contribution in [0.1, 0.15) is 16.5 Å². The monoisotopic (exact) mass is 356 g/mol. The lowest BCUT2D eigenvalue weighted by Gasteiger charge is -2.16. The lowest BCUT2D eigenvalue weighted by molar-refractivity contribution is 0.414. The summed E-state index contributed by atoms with van der Waals surface area (Å²) in [7, 11) is 1.66. The zero-order valence-corrected chi connectivity index (χ0v) is 13.8. The molecule has 0 saturated carbocycles. The van der Waals surface area contributed by atoms with Crippen molar-refractivity contribution in [1.82, 2.24) is 0 Å². The normalized spacial score (nSPS) is 12.2. The molecule has 19 heavy (non-hydrogen) atoms. The molecule has 4 heteroatoms. The summed E-state index contributed by atoms with van der Waals surface area (Å²) in [5.41, 5.74) is 2.17. The van der Waals surface area contributed by atoms with Crippen molar-refractivity contribution in [3.05, 3.63) is 58.1 Å². The molecule has 0 aliphatic carbocycles. The second kappa shape index (κ2) is 6.69. The van der Waals surface area contributed by atoms with E-state index < -0.39 is 0 Å². The number of benzene rings is 2. The number of alkyl halides is 1. The van der Waals surface area contributed by atoms with Crippen LogP contribution in [-0.4, -0.2) is 13.4 Å². The van der Waals surface area contributed by atoms with Gasteiger partial charge in [0.2, 0.25) is 0 Å². The number of hydrogen-bond donors (Lipinski definition) is 0.